The summed E-state index contributed by atoms with van der Waals surface area (Å²) < 4.78 is 7.67. The van der Waals surface area contributed by atoms with E-state index in [1.54, 1.807) is 0 Å². The number of imidazole rings is 1. The van der Waals surface area contributed by atoms with Crippen LogP contribution in [0.5, 0.6) is 0 Å². The Labute approximate surface area is 128 Å². The van der Waals surface area contributed by atoms with Crippen molar-refractivity contribution in [2.24, 2.45) is 5.41 Å². The molecule has 1 aromatic heterocycles. The summed E-state index contributed by atoms with van der Waals surface area (Å²) in [5, 5.41) is 0.738. The van der Waals surface area contributed by atoms with Gasteiger partial charge in [0.1, 0.15) is 5.82 Å². The molecule has 1 aliphatic rings. The van der Waals surface area contributed by atoms with Crippen LogP contribution in [0, 0.1) is 5.41 Å². The maximum atomic E-state index is 6.37. The normalized spacial score (nSPS) is 18.6. The van der Waals surface area contributed by atoms with E-state index < -0.39 is 0 Å². The fourth-order valence-corrected chi connectivity index (χ4v) is 3.34. The lowest BCUT2D eigenvalue weighted by atomic mass is 9.82. The van der Waals surface area contributed by atoms with Gasteiger partial charge in [0.05, 0.1) is 21.9 Å². The van der Waals surface area contributed by atoms with Crippen molar-refractivity contribution in [1.82, 2.24) is 9.55 Å². The number of alkyl halides is 1. The van der Waals surface area contributed by atoms with E-state index in [9.17, 15) is 0 Å². The van der Waals surface area contributed by atoms with Crippen LogP contribution in [0.15, 0.2) is 18.2 Å². The zero-order valence-corrected chi connectivity index (χ0v) is 13.0. The molecule has 0 unspecified atom stereocenters. The second-order valence-corrected chi connectivity index (χ2v) is 6.45. The van der Waals surface area contributed by atoms with Crippen LogP contribution in [0.25, 0.3) is 11.0 Å². The van der Waals surface area contributed by atoms with Crippen LogP contribution in [0.3, 0.4) is 0 Å². The highest BCUT2D eigenvalue weighted by Gasteiger charge is 2.29. The lowest BCUT2D eigenvalue weighted by molar-refractivity contribution is 0.0157. The van der Waals surface area contributed by atoms with Gasteiger partial charge in [-0.1, -0.05) is 24.6 Å². The molecule has 3 rings (SSSR count). The molecule has 0 aliphatic carbocycles. The summed E-state index contributed by atoms with van der Waals surface area (Å²) >= 11 is 12.4. The van der Waals surface area contributed by atoms with Gasteiger partial charge in [-0.2, -0.15) is 0 Å². The Bertz CT molecular complexity index is 618. The number of hydrogen-bond acceptors (Lipinski definition) is 2. The number of benzene rings is 1. The van der Waals surface area contributed by atoms with Crippen molar-refractivity contribution in [2.45, 2.75) is 32.2 Å². The van der Waals surface area contributed by atoms with E-state index in [2.05, 4.69) is 16.5 Å². The number of rotatable bonds is 3. The Morgan fingerprint density at radius 2 is 2.10 bits per heavy atom. The Hall–Kier alpha value is -0.770. The van der Waals surface area contributed by atoms with E-state index in [-0.39, 0.29) is 5.41 Å². The quantitative estimate of drug-likeness (QED) is 0.792. The molecule has 0 atom stereocenters. The van der Waals surface area contributed by atoms with Gasteiger partial charge in [0, 0.05) is 19.8 Å². The smallest absolute Gasteiger partial charge is 0.124 e. The number of nitrogens with zero attached hydrogens (tertiary/aromatic N) is 2. The summed E-state index contributed by atoms with van der Waals surface area (Å²) in [5.74, 6) is 1.29. The van der Waals surface area contributed by atoms with Crippen molar-refractivity contribution in [1.29, 1.82) is 0 Å². The standard InChI is InChI=1S/C15H18Cl2N2O/c1-15(5-7-20-8-6-15)10-19-13(9-16)18-12-4-2-3-11(17)14(12)19/h2-4H,5-10H2,1H3. The largest absolute Gasteiger partial charge is 0.381 e. The highest BCUT2D eigenvalue weighted by molar-refractivity contribution is 6.35. The van der Waals surface area contributed by atoms with Crippen LogP contribution >= 0.6 is 23.2 Å². The number of fused-ring (bicyclic) bond motifs is 1. The van der Waals surface area contributed by atoms with Gasteiger partial charge in [-0.15, -0.1) is 11.6 Å². The number of ether oxygens (including phenoxy) is 1. The van der Waals surface area contributed by atoms with Crippen LogP contribution in [-0.2, 0) is 17.2 Å². The first-order valence-electron chi connectivity index (χ1n) is 6.90. The summed E-state index contributed by atoms with van der Waals surface area (Å²) in [4.78, 5) is 4.60. The molecule has 0 bridgehead atoms. The average molecular weight is 313 g/mol. The van der Waals surface area contributed by atoms with Crippen molar-refractivity contribution in [3.63, 3.8) is 0 Å². The molecule has 5 heteroatoms. The third-order valence-electron chi connectivity index (χ3n) is 4.16. The molecule has 20 heavy (non-hydrogen) atoms. The second-order valence-electron chi connectivity index (χ2n) is 5.78. The van der Waals surface area contributed by atoms with E-state index >= 15 is 0 Å². The van der Waals surface area contributed by atoms with Crippen molar-refractivity contribution >= 4 is 34.2 Å². The average Bonchev–Trinajstić information content (AvgIpc) is 2.78. The van der Waals surface area contributed by atoms with E-state index in [4.69, 9.17) is 27.9 Å². The Kier molecular flexibility index (Phi) is 3.93. The van der Waals surface area contributed by atoms with Crippen molar-refractivity contribution in [2.75, 3.05) is 13.2 Å². The molecule has 1 saturated heterocycles. The predicted octanol–water partition coefficient (Wildman–Crippen LogP) is 4.25. The van der Waals surface area contributed by atoms with E-state index in [1.807, 2.05) is 18.2 Å². The van der Waals surface area contributed by atoms with E-state index in [0.29, 0.717) is 5.88 Å². The molecular formula is C15H18Cl2N2O. The first-order valence-corrected chi connectivity index (χ1v) is 7.81. The van der Waals surface area contributed by atoms with Gasteiger partial charge in [0.2, 0.25) is 0 Å². The van der Waals surface area contributed by atoms with Gasteiger partial charge < -0.3 is 9.30 Å². The summed E-state index contributed by atoms with van der Waals surface area (Å²) in [6.07, 6.45) is 2.11. The minimum atomic E-state index is 0.214. The maximum Gasteiger partial charge on any atom is 0.124 e. The molecule has 1 fully saturated rings. The van der Waals surface area contributed by atoms with Gasteiger partial charge in [-0.05, 0) is 30.4 Å². The highest BCUT2D eigenvalue weighted by Crippen LogP contribution is 2.35. The zero-order chi connectivity index (χ0) is 14.2. The minimum absolute atomic E-state index is 0.214. The molecule has 0 amide bonds. The molecule has 1 aliphatic heterocycles. The van der Waals surface area contributed by atoms with Crippen molar-refractivity contribution < 1.29 is 4.74 Å². The van der Waals surface area contributed by atoms with Crippen LogP contribution in [-0.4, -0.2) is 22.8 Å². The van der Waals surface area contributed by atoms with Crippen LogP contribution < -0.4 is 0 Å². The van der Waals surface area contributed by atoms with Gasteiger partial charge in [-0.3, -0.25) is 0 Å². The highest BCUT2D eigenvalue weighted by atomic mass is 35.5. The molecule has 0 spiro atoms. The van der Waals surface area contributed by atoms with Crippen LogP contribution in [0.1, 0.15) is 25.6 Å². The molecule has 0 radical (unpaired) electrons. The third kappa shape index (κ3) is 2.54. The molecule has 1 aromatic carbocycles. The molecule has 2 aromatic rings. The van der Waals surface area contributed by atoms with Crippen molar-refractivity contribution in [3.05, 3.63) is 29.0 Å². The molecule has 3 nitrogen and oxygen atoms in total. The van der Waals surface area contributed by atoms with Gasteiger partial charge in [0.15, 0.2) is 0 Å². The zero-order valence-electron chi connectivity index (χ0n) is 11.5. The van der Waals surface area contributed by atoms with Crippen LogP contribution in [0.4, 0.5) is 0 Å². The molecule has 2 heterocycles. The van der Waals surface area contributed by atoms with E-state index in [1.165, 1.54) is 0 Å². The van der Waals surface area contributed by atoms with Gasteiger partial charge in [0.25, 0.3) is 0 Å². The molecule has 0 saturated carbocycles. The van der Waals surface area contributed by atoms with Gasteiger partial charge in [-0.25, -0.2) is 4.98 Å². The van der Waals surface area contributed by atoms with Crippen molar-refractivity contribution in [3.8, 4) is 0 Å². The number of aromatic nitrogens is 2. The fourth-order valence-electron chi connectivity index (χ4n) is 2.87. The summed E-state index contributed by atoms with van der Waals surface area (Å²) in [7, 11) is 0. The number of para-hydroxylation sites is 1. The summed E-state index contributed by atoms with van der Waals surface area (Å²) in [6, 6.07) is 5.82. The molecule has 108 valence electrons. The van der Waals surface area contributed by atoms with Gasteiger partial charge >= 0.3 is 0 Å². The Morgan fingerprint density at radius 1 is 1.35 bits per heavy atom. The molecular weight excluding hydrogens is 295 g/mol. The second kappa shape index (κ2) is 5.55. The first-order chi connectivity index (χ1) is 9.63. The fraction of sp³-hybridized carbons (Fsp3) is 0.533. The third-order valence-corrected chi connectivity index (χ3v) is 4.70. The molecule has 0 N–H and O–H groups in total. The summed E-state index contributed by atoms with van der Waals surface area (Å²) in [6.45, 7) is 4.84. The topological polar surface area (TPSA) is 27.1 Å². The van der Waals surface area contributed by atoms with E-state index in [0.717, 1.165) is 54.5 Å². The first kappa shape index (κ1) is 14.2. The number of halogens is 2. The number of hydrogen-bond donors (Lipinski definition) is 0. The Morgan fingerprint density at radius 3 is 2.80 bits per heavy atom. The monoisotopic (exact) mass is 312 g/mol. The lowest BCUT2D eigenvalue weighted by Gasteiger charge is -2.34. The maximum absolute atomic E-state index is 6.37. The minimum Gasteiger partial charge on any atom is -0.381 e. The lowest BCUT2D eigenvalue weighted by Crippen LogP contribution is -2.31. The predicted molar refractivity (Wildman–Crippen MR) is 82.5 cm³/mol. The van der Waals surface area contributed by atoms with Crippen LogP contribution in [0.2, 0.25) is 5.02 Å². The Balaban J connectivity index is 2.05. The summed E-state index contributed by atoms with van der Waals surface area (Å²) in [5.41, 5.74) is 2.13. The SMILES string of the molecule is CC1(Cn2c(CCl)nc3cccc(Cl)c32)CCOCC1.